The Bertz CT molecular complexity index is 1090. The molecule has 0 spiro atoms. The van der Waals surface area contributed by atoms with Gasteiger partial charge in [-0.15, -0.1) is 0 Å². The van der Waals surface area contributed by atoms with Crippen molar-refractivity contribution in [2.24, 2.45) is 0 Å². The first-order chi connectivity index (χ1) is 12.6. The van der Waals surface area contributed by atoms with Crippen molar-refractivity contribution in [3.63, 3.8) is 0 Å². The summed E-state index contributed by atoms with van der Waals surface area (Å²) < 4.78 is 6.66. The van der Waals surface area contributed by atoms with Crippen LogP contribution in [0.2, 0.25) is 0 Å². The summed E-state index contributed by atoms with van der Waals surface area (Å²) in [6.45, 7) is -0.125. The molecule has 3 heterocycles. The van der Waals surface area contributed by atoms with Crippen molar-refractivity contribution in [2.45, 2.75) is 6.54 Å². The number of amides is 2. The zero-order valence-corrected chi connectivity index (χ0v) is 13.3. The van der Waals surface area contributed by atoms with Gasteiger partial charge in [-0.05, 0) is 18.2 Å². The number of H-pyrrole nitrogens is 1. The van der Waals surface area contributed by atoms with E-state index in [0.717, 1.165) is 0 Å². The molecular formula is C16H13N5O5. The number of anilines is 1. The van der Waals surface area contributed by atoms with E-state index in [4.69, 9.17) is 9.94 Å². The van der Waals surface area contributed by atoms with Gasteiger partial charge < -0.3 is 4.74 Å². The number of aromatic amines is 1. The van der Waals surface area contributed by atoms with Crippen LogP contribution in [-0.4, -0.2) is 38.2 Å². The molecule has 0 aliphatic carbocycles. The van der Waals surface area contributed by atoms with Crippen molar-refractivity contribution in [1.29, 1.82) is 0 Å². The molecular weight excluding hydrogens is 342 g/mol. The molecule has 3 aromatic rings. The van der Waals surface area contributed by atoms with Crippen LogP contribution >= 0.6 is 0 Å². The minimum atomic E-state index is -0.712. The Balaban J connectivity index is 1.75. The molecule has 2 aromatic heterocycles. The van der Waals surface area contributed by atoms with E-state index in [0.29, 0.717) is 22.8 Å². The number of nitrogens with one attached hydrogen (secondary N) is 2. The molecule has 0 saturated carbocycles. The maximum absolute atomic E-state index is 12.3. The SMILES string of the molecule is O=C(NO)c1ccc2c(c1)N(Cc1cc(=O)n3[nH]ccc3n1)C(=O)CO2. The second-order valence-electron chi connectivity index (χ2n) is 5.63. The van der Waals surface area contributed by atoms with Gasteiger partial charge in [-0.3, -0.25) is 29.6 Å². The molecule has 0 radical (unpaired) electrons. The molecule has 0 fully saturated rings. The van der Waals surface area contributed by atoms with E-state index in [1.54, 1.807) is 17.7 Å². The number of benzene rings is 1. The molecule has 10 nitrogen and oxygen atoms in total. The second kappa shape index (κ2) is 6.01. The number of nitrogens with zero attached hydrogens (tertiary/aromatic N) is 3. The Labute approximate surface area is 145 Å². The Morgan fingerprint density at radius 3 is 2.96 bits per heavy atom. The van der Waals surface area contributed by atoms with E-state index in [1.807, 2.05) is 0 Å². The average molecular weight is 355 g/mol. The van der Waals surface area contributed by atoms with Crippen LogP contribution in [0.4, 0.5) is 5.69 Å². The monoisotopic (exact) mass is 355 g/mol. The highest BCUT2D eigenvalue weighted by Gasteiger charge is 2.27. The van der Waals surface area contributed by atoms with Crippen molar-refractivity contribution in [3.8, 4) is 5.75 Å². The van der Waals surface area contributed by atoms with Crippen molar-refractivity contribution < 1.29 is 19.5 Å². The standard InChI is InChI=1S/C16H13N5O5/c22-14-6-10(18-13-3-4-17-21(13)14)7-20-11-5-9(16(24)19-25)1-2-12(11)26-8-15(20)23/h1-6,17,25H,7-8H2,(H,19,24). The molecule has 1 aliphatic rings. The van der Waals surface area contributed by atoms with Gasteiger partial charge in [0.05, 0.1) is 17.9 Å². The number of ether oxygens (including phenoxy) is 1. The van der Waals surface area contributed by atoms with E-state index >= 15 is 0 Å². The van der Waals surface area contributed by atoms with Crippen LogP contribution in [0.25, 0.3) is 5.65 Å². The minimum absolute atomic E-state index is 0.0380. The Morgan fingerprint density at radius 2 is 2.15 bits per heavy atom. The summed E-state index contributed by atoms with van der Waals surface area (Å²) in [6, 6.07) is 7.41. The van der Waals surface area contributed by atoms with Crippen molar-refractivity contribution in [1.82, 2.24) is 20.1 Å². The molecule has 3 N–H and O–H groups in total. The third kappa shape index (κ3) is 2.58. The van der Waals surface area contributed by atoms with Crippen molar-refractivity contribution in [3.05, 3.63) is 58.1 Å². The predicted molar refractivity (Wildman–Crippen MR) is 88.2 cm³/mol. The lowest BCUT2D eigenvalue weighted by Crippen LogP contribution is -2.39. The van der Waals surface area contributed by atoms with Crippen LogP contribution in [0.3, 0.4) is 0 Å². The number of fused-ring (bicyclic) bond motifs is 2. The lowest BCUT2D eigenvalue weighted by molar-refractivity contribution is -0.121. The third-order valence-electron chi connectivity index (χ3n) is 4.02. The molecule has 0 unspecified atom stereocenters. The third-order valence-corrected chi connectivity index (χ3v) is 4.02. The average Bonchev–Trinajstić information content (AvgIpc) is 3.12. The molecule has 132 valence electrons. The first-order valence-corrected chi connectivity index (χ1v) is 7.64. The van der Waals surface area contributed by atoms with E-state index in [-0.39, 0.29) is 30.2 Å². The van der Waals surface area contributed by atoms with Gasteiger partial charge in [-0.25, -0.2) is 15.0 Å². The molecule has 1 aliphatic heterocycles. The van der Waals surface area contributed by atoms with Crippen molar-refractivity contribution >= 4 is 23.1 Å². The van der Waals surface area contributed by atoms with Crippen LogP contribution in [0.15, 0.2) is 41.3 Å². The number of hydroxylamine groups is 1. The minimum Gasteiger partial charge on any atom is -0.482 e. The lowest BCUT2D eigenvalue weighted by Gasteiger charge is -2.29. The molecule has 10 heteroatoms. The zero-order chi connectivity index (χ0) is 18.3. The Hall–Kier alpha value is -3.66. The van der Waals surface area contributed by atoms with E-state index in [2.05, 4.69) is 10.1 Å². The smallest absolute Gasteiger partial charge is 0.274 e. The molecule has 0 saturated heterocycles. The highest BCUT2D eigenvalue weighted by atomic mass is 16.5. The highest BCUT2D eigenvalue weighted by Crippen LogP contribution is 2.33. The lowest BCUT2D eigenvalue weighted by atomic mass is 10.1. The number of hydrogen-bond donors (Lipinski definition) is 3. The molecule has 1 aromatic carbocycles. The number of aromatic nitrogens is 3. The van der Waals surface area contributed by atoms with Crippen LogP contribution < -0.4 is 20.7 Å². The van der Waals surface area contributed by atoms with E-state index in [9.17, 15) is 14.4 Å². The van der Waals surface area contributed by atoms with Gasteiger partial charge >= 0.3 is 0 Å². The van der Waals surface area contributed by atoms with Gasteiger partial charge in [0.15, 0.2) is 12.3 Å². The molecule has 0 atom stereocenters. The summed E-state index contributed by atoms with van der Waals surface area (Å²) in [5, 5.41) is 11.5. The van der Waals surface area contributed by atoms with Gasteiger partial charge in [0.2, 0.25) is 0 Å². The van der Waals surface area contributed by atoms with Crippen LogP contribution in [-0.2, 0) is 11.3 Å². The van der Waals surface area contributed by atoms with Crippen molar-refractivity contribution in [2.75, 3.05) is 11.5 Å². The maximum atomic E-state index is 12.3. The number of hydrogen-bond acceptors (Lipinski definition) is 6. The Morgan fingerprint density at radius 1 is 1.31 bits per heavy atom. The molecule has 26 heavy (non-hydrogen) atoms. The number of carbonyl (C=O) groups excluding carboxylic acids is 2. The summed E-state index contributed by atoms with van der Waals surface area (Å²) in [7, 11) is 0. The largest absolute Gasteiger partial charge is 0.482 e. The highest BCUT2D eigenvalue weighted by molar-refractivity contribution is 6.00. The van der Waals surface area contributed by atoms with E-state index < -0.39 is 5.91 Å². The first-order valence-electron chi connectivity index (χ1n) is 7.64. The number of rotatable bonds is 3. The first kappa shape index (κ1) is 15.8. The van der Waals surface area contributed by atoms with Gasteiger partial charge in [-0.2, -0.15) is 0 Å². The summed E-state index contributed by atoms with van der Waals surface area (Å²) in [4.78, 5) is 41.8. The van der Waals surface area contributed by atoms with Gasteiger partial charge in [-0.1, -0.05) is 0 Å². The predicted octanol–water partition coefficient (Wildman–Crippen LogP) is 0.0672. The fraction of sp³-hybridized carbons (Fsp3) is 0.125. The fourth-order valence-corrected chi connectivity index (χ4v) is 2.80. The van der Waals surface area contributed by atoms with Crippen LogP contribution in [0.1, 0.15) is 16.1 Å². The molecule has 0 bridgehead atoms. The summed E-state index contributed by atoms with van der Waals surface area (Å²) >= 11 is 0. The summed E-state index contributed by atoms with van der Waals surface area (Å²) in [5.41, 5.74) is 2.59. The summed E-state index contributed by atoms with van der Waals surface area (Å²) in [5.74, 6) is -0.635. The second-order valence-corrected chi connectivity index (χ2v) is 5.63. The van der Waals surface area contributed by atoms with Gasteiger partial charge in [0, 0.05) is 23.9 Å². The van der Waals surface area contributed by atoms with E-state index in [1.165, 1.54) is 33.7 Å². The zero-order valence-electron chi connectivity index (χ0n) is 13.3. The number of carbonyl (C=O) groups is 2. The molecule has 4 rings (SSSR count). The van der Waals surface area contributed by atoms with Gasteiger partial charge in [0.25, 0.3) is 17.4 Å². The quantitative estimate of drug-likeness (QED) is 0.450. The summed E-state index contributed by atoms with van der Waals surface area (Å²) in [6.07, 6.45) is 1.59. The topological polar surface area (TPSA) is 129 Å². The fourth-order valence-electron chi connectivity index (χ4n) is 2.80. The van der Waals surface area contributed by atoms with Crippen LogP contribution in [0.5, 0.6) is 5.75 Å². The van der Waals surface area contributed by atoms with Crippen LogP contribution in [0, 0.1) is 0 Å². The maximum Gasteiger partial charge on any atom is 0.274 e. The Kier molecular flexibility index (Phi) is 3.66. The molecule has 2 amide bonds. The van der Waals surface area contributed by atoms with Gasteiger partial charge in [0.1, 0.15) is 5.75 Å². The normalized spacial score (nSPS) is 13.4.